The summed E-state index contributed by atoms with van der Waals surface area (Å²) in [5.41, 5.74) is 0.551. The van der Waals surface area contributed by atoms with E-state index < -0.39 is 17.7 Å². The summed E-state index contributed by atoms with van der Waals surface area (Å²) in [6, 6.07) is 6.53. The van der Waals surface area contributed by atoms with E-state index in [1.165, 1.54) is 6.08 Å². The Balaban J connectivity index is 0. The van der Waals surface area contributed by atoms with Crippen LogP contribution in [0.5, 0.6) is 0 Å². The van der Waals surface area contributed by atoms with Gasteiger partial charge in [0.2, 0.25) is 0 Å². The van der Waals surface area contributed by atoms with E-state index in [4.69, 9.17) is 15.3 Å². The maximum absolute atomic E-state index is 11.5. The SMILES string of the molecule is CC(C)(C)OC(=O)NC(=N)c1ccc(/C=C/C(=O)O)cc1.[H-].[Na+]. The number of aliphatic carboxylic acids is 1. The van der Waals surface area contributed by atoms with Crippen LogP contribution in [-0.4, -0.2) is 28.6 Å². The molecule has 0 fully saturated rings. The zero-order valence-electron chi connectivity index (χ0n) is 14.1. The van der Waals surface area contributed by atoms with E-state index in [0.29, 0.717) is 11.1 Å². The van der Waals surface area contributed by atoms with Gasteiger partial charge in [0.05, 0.1) is 0 Å². The van der Waals surface area contributed by atoms with Crippen molar-refractivity contribution in [3.05, 3.63) is 41.5 Å². The molecule has 0 aliphatic rings. The van der Waals surface area contributed by atoms with Crippen LogP contribution in [0.15, 0.2) is 30.3 Å². The third-order valence-electron chi connectivity index (χ3n) is 2.24. The Kier molecular flexibility index (Phi) is 8.08. The molecule has 0 radical (unpaired) electrons. The van der Waals surface area contributed by atoms with Gasteiger partial charge in [-0.15, -0.1) is 0 Å². The van der Waals surface area contributed by atoms with Gasteiger partial charge < -0.3 is 11.3 Å². The minimum atomic E-state index is -1.03. The molecular formula is C15H19N2NaO4. The molecule has 0 spiro atoms. The monoisotopic (exact) mass is 314 g/mol. The third kappa shape index (κ3) is 7.97. The summed E-state index contributed by atoms with van der Waals surface area (Å²) in [7, 11) is 0. The van der Waals surface area contributed by atoms with Crippen LogP contribution in [0.1, 0.15) is 33.3 Å². The summed E-state index contributed by atoms with van der Waals surface area (Å²) in [6.07, 6.45) is 1.78. The van der Waals surface area contributed by atoms with Crippen LogP contribution in [0.3, 0.4) is 0 Å². The van der Waals surface area contributed by atoms with E-state index in [0.717, 1.165) is 6.08 Å². The third-order valence-corrected chi connectivity index (χ3v) is 2.24. The second kappa shape index (κ2) is 8.73. The van der Waals surface area contributed by atoms with Gasteiger partial charge in [-0.2, -0.15) is 0 Å². The number of carboxylic acid groups (broad SMARTS) is 1. The summed E-state index contributed by atoms with van der Waals surface area (Å²) < 4.78 is 5.05. The molecule has 114 valence electrons. The molecule has 3 N–H and O–H groups in total. The number of benzene rings is 1. The van der Waals surface area contributed by atoms with Crippen LogP contribution >= 0.6 is 0 Å². The fourth-order valence-electron chi connectivity index (χ4n) is 1.41. The van der Waals surface area contributed by atoms with Crippen molar-refractivity contribution in [2.75, 3.05) is 0 Å². The van der Waals surface area contributed by atoms with Crippen LogP contribution in [0.25, 0.3) is 6.08 Å². The van der Waals surface area contributed by atoms with E-state index in [1.807, 2.05) is 0 Å². The number of alkyl carbamates (subject to hydrolysis) is 1. The first-order valence-corrected chi connectivity index (χ1v) is 6.27. The molecule has 1 amide bonds. The molecule has 0 atom stereocenters. The van der Waals surface area contributed by atoms with Crippen molar-refractivity contribution in [2.24, 2.45) is 0 Å². The van der Waals surface area contributed by atoms with Gasteiger partial charge >= 0.3 is 41.6 Å². The first-order chi connectivity index (χ1) is 9.67. The topological polar surface area (TPSA) is 99.5 Å². The molecule has 22 heavy (non-hydrogen) atoms. The van der Waals surface area contributed by atoms with E-state index in [2.05, 4.69) is 5.32 Å². The van der Waals surface area contributed by atoms with Gasteiger partial charge in [0.15, 0.2) is 0 Å². The Labute approximate surface area is 152 Å². The summed E-state index contributed by atoms with van der Waals surface area (Å²) in [5.74, 6) is -1.11. The first kappa shape index (κ1) is 20.4. The molecule has 1 rings (SSSR count). The van der Waals surface area contributed by atoms with Crippen LogP contribution in [-0.2, 0) is 9.53 Å². The number of ether oxygens (including phenoxy) is 1. The predicted molar refractivity (Wildman–Crippen MR) is 80.4 cm³/mol. The Bertz CT molecular complexity index is 580. The molecule has 1 aromatic rings. The number of hydrogen-bond donors (Lipinski definition) is 3. The Morgan fingerprint density at radius 3 is 2.27 bits per heavy atom. The van der Waals surface area contributed by atoms with Crippen molar-refractivity contribution >= 4 is 24.0 Å². The number of hydrogen-bond acceptors (Lipinski definition) is 4. The summed E-state index contributed by atoms with van der Waals surface area (Å²) in [6.45, 7) is 5.21. The molecule has 0 bridgehead atoms. The van der Waals surface area contributed by atoms with Crippen molar-refractivity contribution in [1.82, 2.24) is 5.32 Å². The number of carbonyl (C=O) groups is 2. The summed E-state index contributed by atoms with van der Waals surface area (Å²) in [4.78, 5) is 21.9. The fraction of sp³-hybridized carbons (Fsp3) is 0.267. The average Bonchev–Trinajstić information content (AvgIpc) is 2.34. The number of rotatable bonds is 3. The average molecular weight is 314 g/mol. The predicted octanol–water partition coefficient (Wildman–Crippen LogP) is -0.249. The van der Waals surface area contributed by atoms with Gasteiger partial charge in [-0.05, 0) is 32.4 Å². The number of amides is 1. The zero-order chi connectivity index (χ0) is 16.0. The standard InChI is InChI=1S/C15H18N2O4.Na.H/c1-15(2,3)21-14(20)17-13(16)11-7-4-10(5-8-11)6-9-12(18)19;;/h4-9H,1-3H3,(H,18,19)(H2,16,17,20);;/q;+1;-1/b9-6+;;. The summed E-state index contributed by atoms with van der Waals surface area (Å²) >= 11 is 0. The number of amidine groups is 1. The Morgan fingerprint density at radius 2 is 1.82 bits per heavy atom. The molecular weight excluding hydrogens is 295 g/mol. The van der Waals surface area contributed by atoms with Gasteiger partial charge in [0.25, 0.3) is 0 Å². The largest absolute Gasteiger partial charge is 1.00 e. The molecule has 0 aliphatic heterocycles. The Hall–Kier alpha value is -1.63. The smallest absolute Gasteiger partial charge is 1.00 e. The van der Waals surface area contributed by atoms with Gasteiger partial charge in [0.1, 0.15) is 11.4 Å². The fourth-order valence-corrected chi connectivity index (χ4v) is 1.41. The van der Waals surface area contributed by atoms with Crippen LogP contribution in [0, 0.1) is 5.41 Å². The maximum atomic E-state index is 11.5. The second-order valence-electron chi connectivity index (χ2n) is 5.30. The van der Waals surface area contributed by atoms with Crippen LogP contribution in [0.2, 0.25) is 0 Å². The molecule has 7 heteroatoms. The minimum Gasteiger partial charge on any atom is -1.00 e. The summed E-state index contributed by atoms with van der Waals surface area (Å²) in [5, 5.41) is 18.6. The Morgan fingerprint density at radius 1 is 1.27 bits per heavy atom. The van der Waals surface area contributed by atoms with E-state index in [1.54, 1.807) is 45.0 Å². The minimum absolute atomic E-state index is 0. The molecule has 0 aromatic heterocycles. The van der Waals surface area contributed by atoms with Gasteiger partial charge in [-0.25, -0.2) is 9.59 Å². The normalized spacial score (nSPS) is 10.7. The zero-order valence-corrected chi connectivity index (χ0v) is 15.1. The van der Waals surface area contributed by atoms with Gasteiger partial charge in [0, 0.05) is 11.6 Å². The molecule has 0 unspecified atom stereocenters. The van der Waals surface area contributed by atoms with Crippen molar-refractivity contribution in [3.63, 3.8) is 0 Å². The number of carbonyl (C=O) groups excluding carboxylic acids is 1. The molecule has 0 saturated heterocycles. The quantitative estimate of drug-likeness (QED) is 0.310. The van der Waals surface area contributed by atoms with Crippen molar-refractivity contribution in [2.45, 2.75) is 26.4 Å². The molecule has 6 nitrogen and oxygen atoms in total. The molecule has 0 heterocycles. The van der Waals surface area contributed by atoms with E-state index in [-0.39, 0.29) is 36.8 Å². The number of carboxylic acids is 1. The second-order valence-corrected chi connectivity index (χ2v) is 5.30. The van der Waals surface area contributed by atoms with Crippen LogP contribution in [0.4, 0.5) is 4.79 Å². The van der Waals surface area contributed by atoms with Crippen LogP contribution < -0.4 is 34.9 Å². The van der Waals surface area contributed by atoms with Crippen molar-refractivity contribution < 1.29 is 50.4 Å². The van der Waals surface area contributed by atoms with Gasteiger partial charge in [-0.3, -0.25) is 10.7 Å². The molecule has 0 aliphatic carbocycles. The number of nitrogens with one attached hydrogen (secondary N) is 2. The van der Waals surface area contributed by atoms with E-state index in [9.17, 15) is 9.59 Å². The molecule has 1 aromatic carbocycles. The van der Waals surface area contributed by atoms with Crippen molar-refractivity contribution in [3.8, 4) is 0 Å². The van der Waals surface area contributed by atoms with Crippen molar-refractivity contribution in [1.29, 1.82) is 5.41 Å². The molecule has 0 saturated carbocycles. The van der Waals surface area contributed by atoms with Gasteiger partial charge in [-0.1, -0.05) is 24.3 Å². The first-order valence-electron chi connectivity index (χ1n) is 6.27. The maximum Gasteiger partial charge on any atom is 1.00 e. The van der Waals surface area contributed by atoms with E-state index >= 15 is 0 Å².